The van der Waals surface area contributed by atoms with Gasteiger partial charge in [0.05, 0.1) is 11.4 Å². The first-order valence-corrected chi connectivity index (χ1v) is 8.85. The van der Waals surface area contributed by atoms with Crippen molar-refractivity contribution in [2.45, 2.75) is 52.7 Å². The molecule has 0 bridgehead atoms. The Balaban J connectivity index is 2.31. The molecule has 2 N–H and O–H groups in total. The number of hydrogen-bond donors (Lipinski definition) is 2. The van der Waals surface area contributed by atoms with E-state index in [1.165, 1.54) is 0 Å². The number of pyridine rings is 2. The average molecular weight is 386 g/mol. The van der Waals surface area contributed by atoms with Gasteiger partial charge in [-0.1, -0.05) is 0 Å². The van der Waals surface area contributed by atoms with Crippen LogP contribution in [0.1, 0.15) is 41.5 Å². The molecule has 0 aliphatic rings. The second-order valence-corrected chi connectivity index (χ2v) is 8.05. The molecule has 0 spiro atoms. The molecule has 0 aliphatic heterocycles. The first-order valence-electron chi connectivity index (χ1n) is 8.85. The minimum absolute atomic E-state index is 0.389. The van der Waals surface area contributed by atoms with Gasteiger partial charge in [0.15, 0.2) is 0 Å². The number of aromatic nitrogens is 2. The Bertz CT molecular complexity index is 782. The lowest BCUT2D eigenvalue weighted by atomic mass is 10.1. The lowest BCUT2D eigenvalue weighted by Gasteiger charge is -2.21. The summed E-state index contributed by atoms with van der Waals surface area (Å²) in [5.74, 6) is 0. The largest absolute Gasteiger partial charge is 0.444 e. The minimum Gasteiger partial charge on any atom is -0.444 e. The summed E-state index contributed by atoms with van der Waals surface area (Å²) in [6.07, 6.45) is 1.92. The lowest BCUT2D eigenvalue weighted by molar-refractivity contribution is 0.0624. The topological polar surface area (TPSA) is 102 Å². The molecule has 8 heteroatoms. The van der Waals surface area contributed by atoms with Crippen LogP contribution in [0.25, 0.3) is 11.4 Å². The van der Waals surface area contributed by atoms with Gasteiger partial charge in [-0.25, -0.2) is 9.59 Å². The monoisotopic (exact) mass is 386 g/mol. The van der Waals surface area contributed by atoms with E-state index in [-0.39, 0.29) is 0 Å². The molecule has 0 aromatic carbocycles. The zero-order chi connectivity index (χ0) is 20.9. The Labute approximate surface area is 164 Å². The Morgan fingerprint density at radius 1 is 0.750 bits per heavy atom. The highest BCUT2D eigenvalue weighted by atomic mass is 16.6. The van der Waals surface area contributed by atoms with Crippen LogP contribution in [0.5, 0.6) is 0 Å². The third kappa shape index (κ3) is 6.53. The van der Waals surface area contributed by atoms with Gasteiger partial charge in [-0.3, -0.25) is 20.6 Å². The van der Waals surface area contributed by atoms with Crippen LogP contribution in [-0.2, 0) is 9.47 Å². The highest BCUT2D eigenvalue weighted by Gasteiger charge is 2.21. The van der Waals surface area contributed by atoms with Gasteiger partial charge in [0.1, 0.15) is 22.6 Å². The fourth-order valence-corrected chi connectivity index (χ4v) is 2.22. The maximum atomic E-state index is 12.2. The Morgan fingerprint density at radius 3 is 1.43 bits per heavy atom. The van der Waals surface area contributed by atoms with Crippen LogP contribution in [0.3, 0.4) is 0 Å². The predicted molar refractivity (Wildman–Crippen MR) is 107 cm³/mol. The molecule has 8 nitrogen and oxygen atoms in total. The van der Waals surface area contributed by atoms with Crippen molar-refractivity contribution in [1.82, 2.24) is 9.97 Å². The second-order valence-electron chi connectivity index (χ2n) is 8.05. The van der Waals surface area contributed by atoms with Crippen LogP contribution in [-0.4, -0.2) is 33.4 Å². The van der Waals surface area contributed by atoms with Crippen molar-refractivity contribution in [3.05, 3.63) is 36.7 Å². The van der Waals surface area contributed by atoms with Crippen LogP contribution in [0, 0.1) is 0 Å². The smallest absolute Gasteiger partial charge is 0.412 e. The third-order valence-electron chi connectivity index (χ3n) is 3.11. The van der Waals surface area contributed by atoms with E-state index in [4.69, 9.17) is 9.47 Å². The van der Waals surface area contributed by atoms with Crippen molar-refractivity contribution in [3.8, 4) is 11.4 Å². The fourth-order valence-electron chi connectivity index (χ4n) is 2.22. The third-order valence-corrected chi connectivity index (χ3v) is 3.11. The number of ether oxygens (including phenoxy) is 2. The van der Waals surface area contributed by atoms with Gasteiger partial charge in [-0.05, 0) is 65.8 Å². The van der Waals surface area contributed by atoms with Gasteiger partial charge >= 0.3 is 12.2 Å². The molecule has 2 aromatic rings. The number of nitrogens with one attached hydrogen (secondary N) is 2. The Hall–Kier alpha value is -3.16. The second kappa shape index (κ2) is 8.24. The number of carbonyl (C=O) groups is 2. The van der Waals surface area contributed by atoms with Crippen LogP contribution in [0.4, 0.5) is 21.0 Å². The summed E-state index contributed by atoms with van der Waals surface area (Å²) in [7, 11) is 0. The van der Waals surface area contributed by atoms with Crippen molar-refractivity contribution in [1.29, 1.82) is 0 Å². The summed E-state index contributed by atoms with van der Waals surface area (Å²) in [6, 6.07) is 6.72. The highest BCUT2D eigenvalue weighted by Crippen LogP contribution is 2.30. The number of hydrogen-bond acceptors (Lipinski definition) is 6. The van der Waals surface area contributed by atoms with Crippen LogP contribution < -0.4 is 10.6 Å². The molecule has 0 aliphatic carbocycles. The van der Waals surface area contributed by atoms with Crippen LogP contribution in [0.15, 0.2) is 36.7 Å². The summed E-state index contributed by atoms with van der Waals surface area (Å²) in [4.78, 5) is 33.0. The summed E-state index contributed by atoms with van der Waals surface area (Å²) in [5, 5.41) is 5.35. The number of rotatable bonds is 3. The number of anilines is 2. The molecule has 0 atom stereocenters. The SMILES string of the molecule is CC(C)(C)OC(=O)Nc1cccnc1-c1ncccc1NC(=O)OC(C)(C)C. The van der Waals surface area contributed by atoms with E-state index in [1.807, 2.05) is 0 Å². The van der Waals surface area contributed by atoms with E-state index in [1.54, 1.807) is 78.2 Å². The Kier molecular flexibility index (Phi) is 6.23. The number of amides is 2. The van der Waals surface area contributed by atoms with E-state index in [2.05, 4.69) is 20.6 Å². The number of carbonyl (C=O) groups excluding carboxylic acids is 2. The van der Waals surface area contributed by atoms with Gasteiger partial charge < -0.3 is 9.47 Å². The number of nitrogens with zero attached hydrogens (tertiary/aromatic N) is 2. The molecule has 2 heterocycles. The molecule has 0 radical (unpaired) electrons. The standard InChI is InChI=1S/C20H26N4O4/c1-19(2,3)27-17(25)23-13-9-7-11-21-15(13)16-14(10-8-12-22-16)24-18(26)28-20(4,5)6/h7-12H,1-6H3,(H,23,25)(H,24,26). The summed E-state index contributed by atoms with van der Waals surface area (Å²) < 4.78 is 10.6. The van der Waals surface area contributed by atoms with Crippen LogP contribution >= 0.6 is 0 Å². The predicted octanol–water partition coefficient (Wildman–Crippen LogP) is 4.84. The van der Waals surface area contributed by atoms with E-state index in [0.29, 0.717) is 22.8 Å². The molecular formula is C20H26N4O4. The van der Waals surface area contributed by atoms with E-state index in [0.717, 1.165) is 0 Å². The molecule has 2 amide bonds. The molecule has 2 aromatic heterocycles. The highest BCUT2D eigenvalue weighted by molar-refractivity contribution is 5.95. The average Bonchev–Trinajstić information content (AvgIpc) is 2.52. The van der Waals surface area contributed by atoms with Crippen molar-refractivity contribution in [3.63, 3.8) is 0 Å². The first-order chi connectivity index (χ1) is 12.9. The molecular weight excluding hydrogens is 360 g/mol. The molecule has 28 heavy (non-hydrogen) atoms. The lowest BCUT2D eigenvalue weighted by Crippen LogP contribution is -2.28. The molecule has 0 saturated carbocycles. The van der Waals surface area contributed by atoms with Crippen molar-refractivity contribution < 1.29 is 19.1 Å². The van der Waals surface area contributed by atoms with Gasteiger partial charge in [0, 0.05) is 12.4 Å². The van der Waals surface area contributed by atoms with E-state index in [9.17, 15) is 9.59 Å². The normalized spacial score (nSPS) is 11.5. The van der Waals surface area contributed by atoms with Gasteiger partial charge in [0.2, 0.25) is 0 Å². The zero-order valence-corrected chi connectivity index (χ0v) is 17.0. The summed E-state index contributed by atoms with van der Waals surface area (Å²) >= 11 is 0. The fraction of sp³-hybridized carbons (Fsp3) is 0.400. The summed E-state index contributed by atoms with van der Waals surface area (Å²) in [5.41, 5.74) is 0.312. The molecule has 0 saturated heterocycles. The molecule has 0 unspecified atom stereocenters. The van der Waals surface area contributed by atoms with Crippen molar-refractivity contribution >= 4 is 23.6 Å². The molecule has 0 fully saturated rings. The van der Waals surface area contributed by atoms with Crippen molar-refractivity contribution in [2.24, 2.45) is 0 Å². The van der Waals surface area contributed by atoms with Gasteiger partial charge in [-0.2, -0.15) is 0 Å². The maximum absolute atomic E-state index is 12.2. The van der Waals surface area contributed by atoms with Gasteiger partial charge in [0.25, 0.3) is 0 Å². The van der Waals surface area contributed by atoms with Crippen LogP contribution in [0.2, 0.25) is 0 Å². The quantitative estimate of drug-likeness (QED) is 0.783. The Morgan fingerprint density at radius 2 is 1.11 bits per heavy atom. The summed E-state index contributed by atoms with van der Waals surface area (Å²) in [6.45, 7) is 10.7. The van der Waals surface area contributed by atoms with E-state index < -0.39 is 23.4 Å². The first kappa shape index (κ1) is 21.1. The molecule has 2 rings (SSSR count). The minimum atomic E-state index is -0.638. The van der Waals surface area contributed by atoms with E-state index >= 15 is 0 Å². The van der Waals surface area contributed by atoms with Gasteiger partial charge in [-0.15, -0.1) is 0 Å². The zero-order valence-electron chi connectivity index (χ0n) is 17.0. The molecule has 150 valence electrons. The van der Waals surface area contributed by atoms with Crippen molar-refractivity contribution in [2.75, 3.05) is 10.6 Å². The maximum Gasteiger partial charge on any atom is 0.412 e.